The van der Waals surface area contributed by atoms with Gasteiger partial charge in [0.05, 0.1) is 12.7 Å². The van der Waals surface area contributed by atoms with E-state index in [2.05, 4.69) is 0 Å². The Bertz CT molecular complexity index is 975. The van der Waals surface area contributed by atoms with E-state index in [1.54, 1.807) is 18.2 Å². The van der Waals surface area contributed by atoms with Gasteiger partial charge >= 0.3 is 0 Å². The van der Waals surface area contributed by atoms with Gasteiger partial charge in [0, 0.05) is 40.2 Å². The number of methoxy groups -OCH3 is 1. The number of phenolic OH excluding ortho intramolecular Hbond substituents is 2. The van der Waals surface area contributed by atoms with Gasteiger partial charge < -0.3 is 20.1 Å². The largest absolute Gasteiger partial charge is 0.507 e. The Morgan fingerprint density at radius 2 is 1.93 bits per heavy atom. The molecular weight excluding hydrogens is 348 g/mol. The molecule has 2 aliphatic carbocycles. The number of aliphatic hydroxyl groups is 1. The van der Waals surface area contributed by atoms with E-state index in [0.29, 0.717) is 46.4 Å². The third-order valence-electron chi connectivity index (χ3n) is 5.74. The second-order valence-electron chi connectivity index (χ2n) is 7.06. The standard InChI is InChI=1S/C21H20O6/c1-27-17-4-2-3-11-13(17)8-15-18(20(11)25)21(26)14-7-10(16(23)9-22)5-6-12(14)19(15)24/h2-4,10,22,24,26H,5-9H2,1H3. The molecule has 0 spiro atoms. The van der Waals surface area contributed by atoms with E-state index in [4.69, 9.17) is 9.84 Å². The summed E-state index contributed by atoms with van der Waals surface area (Å²) in [7, 11) is 1.53. The lowest BCUT2D eigenvalue weighted by molar-refractivity contribution is -0.125. The first-order chi connectivity index (χ1) is 13.0. The maximum Gasteiger partial charge on any atom is 0.197 e. The average molecular weight is 368 g/mol. The molecule has 0 aromatic heterocycles. The highest BCUT2D eigenvalue weighted by Crippen LogP contribution is 2.47. The number of hydrogen-bond donors (Lipinski definition) is 3. The number of benzene rings is 2. The van der Waals surface area contributed by atoms with Crippen molar-refractivity contribution in [1.82, 2.24) is 0 Å². The van der Waals surface area contributed by atoms with Crippen LogP contribution in [0.1, 0.15) is 44.6 Å². The molecule has 1 unspecified atom stereocenters. The maximum absolute atomic E-state index is 13.1. The molecule has 0 saturated carbocycles. The fourth-order valence-electron chi connectivity index (χ4n) is 4.32. The molecule has 140 valence electrons. The molecule has 3 N–H and O–H groups in total. The van der Waals surface area contributed by atoms with Crippen LogP contribution < -0.4 is 4.74 Å². The molecule has 27 heavy (non-hydrogen) atoms. The van der Waals surface area contributed by atoms with E-state index in [1.807, 2.05) is 0 Å². The Kier molecular flexibility index (Phi) is 4.15. The Morgan fingerprint density at radius 3 is 2.63 bits per heavy atom. The van der Waals surface area contributed by atoms with Gasteiger partial charge in [0.25, 0.3) is 0 Å². The molecule has 6 nitrogen and oxygen atoms in total. The summed E-state index contributed by atoms with van der Waals surface area (Å²) in [6.07, 6.45) is 1.39. The van der Waals surface area contributed by atoms with Gasteiger partial charge in [-0.15, -0.1) is 0 Å². The molecule has 6 heteroatoms. The van der Waals surface area contributed by atoms with Crippen LogP contribution in [0.25, 0.3) is 0 Å². The van der Waals surface area contributed by atoms with Crippen LogP contribution in [-0.4, -0.2) is 40.6 Å². The maximum atomic E-state index is 13.1. The van der Waals surface area contributed by atoms with Crippen molar-refractivity contribution in [2.24, 2.45) is 5.92 Å². The second-order valence-corrected chi connectivity index (χ2v) is 7.06. The molecule has 0 aliphatic heterocycles. The van der Waals surface area contributed by atoms with E-state index < -0.39 is 12.5 Å². The van der Waals surface area contributed by atoms with Gasteiger partial charge in [-0.25, -0.2) is 0 Å². The van der Waals surface area contributed by atoms with E-state index in [1.165, 1.54) is 7.11 Å². The SMILES string of the molecule is COc1cccc2c1Cc1c(O)c3c(c(O)c1C2=O)CC(C(=O)CO)CC3. The van der Waals surface area contributed by atoms with Crippen LogP contribution in [-0.2, 0) is 24.1 Å². The predicted molar refractivity (Wildman–Crippen MR) is 96.6 cm³/mol. The van der Waals surface area contributed by atoms with E-state index in [9.17, 15) is 19.8 Å². The lowest BCUT2D eigenvalue weighted by Gasteiger charge is -2.29. The highest BCUT2D eigenvalue weighted by molar-refractivity contribution is 6.15. The summed E-state index contributed by atoms with van der Waals surface area (Å²) >= 11 is 0. The lowest BCUT2D eigenvalue weighted by atomic mass is 9.75. The van der Waals surface area contributed by atoms with Crippen LogP contribution in [0.4, 0.5) is 0 Å². The summed E-state index contributed by atoms with van der Waals surface area (Å²) in [5, 5.41) is 30.8. The summed E-state index contributed by atoms with van der Waals surface area (Å²) < 4.78 is 5.35. The Labute approximate surface area is 156 Å². The van der Waals surface area contributed by atoms with Gasteiger partial charge in [-0.2, -0.15) is 0 Å². The average Bonchev–Trinajstić information content (AvgIpc) is 2.70. The number of rotatable bonds is 3. The molecule has 4 rings (SSSR count). The molecule has 0 heterocycles. The number of aliphatic hydroxyl groups excluding tert-OH is 1. The predicted octanol–water partition coefficient (Wildman–Crippen LogP) is 1.91. The summed E-state index contributed by atoms with van der Waals surface area (Å²) in [6.45, 7) is -0.552. The van der Waals surface area contributed by atoms with Crippen LogP contribution >= 0.6 is 0 Å². The Hall–Kier alpha value is -2.86. The highest BCUT2D eigenvalue weighted by Gasteiger charge is 2.36. The van der Waals surface area contributed by atoms with Crippen molar-refractivity contribution in [2.45, 2.75) is 25.7 Å². The molecule has 0 amide bonds. The van der Waals surface area contributed by atoms with Crippen molar-refractivity contribution in [3.8, 4) is 17.2 Å². The van der Waals surface area contributed by atoms with Crippen molar-refractivity contribution in [3.63, 3.8) is 0 Å². The molecule has 0 saturated heterocycles. The minimum atomic E-state index is -0.552. The van der Waals surface area contributed by atoms with Crippen LogP contribution in [0.3, 0.4) is 0 Å². The van der Waals surface area contributed by atoms with Crippen molar-refractivity contribution in [2.75, 3.05) is 13.7 Å². The smallest absolute Gasteiger partial charge is 0.197 e. The van der Waals surface area contributed by atoms with Gasteiger partial charge in [0.1, 0.15) is 23.9 Å². The summed E-state index contributed by atoms with van der Waals surface area (Å²) in [5.74, 6) is -0.659. The number of carbonyl (C=O) groups is 2. The second kappa shape index (κ2) is 6.39. The fourth-order valence-corrected chi connectivity index (χ4v) is 4.32. The van der Waals surface area contributed by atoms with Crippen LogP contribution in [0.15, 0.2) is 18.2 Å². The fraction of sp³-hybridized carbons (Fsp3) is 0.333. The number of aromatic hydroxyl groups is 2. The van der Waals surface area contributed by atoms with Crippen LogP contribution in [0.2, 0.25) is 0 Å². The van der Waals surface area contributed by atoms with Crippen LogP contribution in [0, 0.1) is 5.92 Å². The van der Waals surface area contributed by atoms with E-state index >= 15 is 0 Å². The third-order valence-corrected chi connectivity index (χ3v) is 5.74. The van der Waals surface area contributed by atoms with Gasteiger partial charge in [-0.05, 0) is 25.3 Å². The number of Topliss-reactive ketones (excluding diaryl/α,β-unsaturated/α-hetero) is 1. The number of ether oxygens (including phenoxy) is 1. The van der Waals surface area contributed by atoms with Gasteiger partial charge in [0.2, 0.25) is 0 Å². The monoisotopic (exact) mass is 368 g/mol. The van der Waals surface area contributed by atoms with Crippen molar-refractivity contribution < 1.29 is 29.6 Å². The van der Waals surface area contributed by atoms with E-state index in [-0.39, 0.29) is 41.5 Å². The van der Waals surface area contributed by atoms with Crippen LogP contribution in [0.5, 0.6) is 17.2 Å². The number of carbonyl (C=O) groups excluding carboxylic acids is 2. The molecule has 2 aromatic carbocycles. The zero-order valence-electron chi connectivity index (χ0n) is 14.9. The van der Waals surface area contributed by atoms with Gasteiger partial charge in [-0.1, -0.05) is 12.1 Å². The molecule has 0 fully saturated rings. The molecular formula is C21H20O6. The van der Waals surface area contributed by atoms with E-state index in [0.717, 1.165) is 0 Å². The van der Waals surface area contributed by atoms with Gasteiger partial charge in [-0.3, -0.25) is 9.59 Å². The first kappa shape index (κ1) is 17.5. The van der Waals surface area contributed by atoms with Gasteiger partial charge in [0.15, 0.2) is 11.6 Å². The zero-order valence-corrected chi connectivity index (χ0v) is 14.9. The molecule has 0 radical (unpaired) electrons. The zero-order chi connectivity index (χ0) is 19.3. The molecule has 2 aliphatic rings. The summed E-state index contributed by atoms with van der Waals surface area (Å²) in [6, 6.07) is 5.15. The summed E-state index contributed by atoms with van der Waals surface area (Å²) in [4.78, 5) is 25.0. The normalized spacial score (nSPS) is 17.7. The van der Waals surface area contributed by atoms with Crippen molar-refractivity contribution in [3.05, 3.63) is 51.6 Å². The molecule has 0 bridgehead atoms. The number of hydrogen-bond acceptors (Lipinski definition) is 6. The minimum Gasteiger partial charge on any atom is -0.507 e. The minimum absolute atomic E-state index is 0.0117. The first-order valence-corrected chi connectivity index (χ1v) is 8.90. The quantitative estimate of drug-likeness (QED) is 0.610. The third kappa shape index (κ3) is 2.51. The van der Waals surface area contributed by atoms with Crippen molar-refractivity contribution >= 4 is 11.6 Å². The highest BCUT2D eigenvalue weighted by atomic mass is 16.5. The number of phenols is 2. The summed E-state index contributed by atoms with van der Waals surface area (Å²) in [5.41, 5.74) is 2.65. The first-order valence-electron chi connectivity index (χ1n) is 8.90. The number of ketones is 2. The Balaban J connectivity index is 1.88. The number of fused-ring (bicyclic) bond motifs is 3. The molecule has 2 aromatic rings. The lowest BCUT2D eigenvalue weighted by Crippen LogP contribution is -2.26. The molecule has 1 atom stereocenters. The topological polar surface area (TPSA) is 104 Å². The Morgan fingerprint density at radius 1 is 1.15 bits per heavy atom. The van der Waals surface area contributed by atoms with Crippen molar-refractivity contribution in [1.29, 1.82) is 0 Å².